The van der Waals surface area contributed by atoms with Gasteiger partial charge in [0.1, 0.15) is 12.3 Å². The van der Waals surface area contributed by atoms with Crippen LogP contribution in [-0.4, -0.2) is 25.6 Å². The maximum Gasteiger partial charge on any atom is 0.100 e. The van der Waals surface area contributed by atoms with Crippen molar-refractivity contribution < 1.29 is 13.5 Å². The van der Waals surface area contributed by atoms with E-state index in [2.05, 4.69) is 13.8 Å². The van der Waals surface area contributed by atoms with Crippen LogP contribution in [0.2, 0.25) is 0 Å². The van der Waals surface area contributed by atoms with Crippen molar-refractivity contribution in [3.05, 3.63) is 0 Å². The van der Waals surface area contributed by atoms with Crippen LogP contribution in [0.25, 0.3) is 0 Å². The number of alkyl halides is 2. The fourth-order valence-corrected chi connectivity index (χ4v) is 8.07. The summed E-state index contributed by atoms with van der Waals surface area (Å²) in [6, 6.07) is 0. The zero-order valence-electron chi connectivity index (χ0n) is 36.8. The van der Waals surface area contributed by atoms with Gasteiger partial charge >= 0.3 is 0 Å². The second kappa shape index (κ2) is 48.0. The molecular weight excluding hydrogens is 655 g/mol. The minimum Gasteiger partial charge on any atom is -0.381 e. The van der Waals surface area contributed by atoms with Crippen LogP contribution in [0.15, 0.2) is 0 Å². The molecule has 0 saturated heterocycles. The van der Waals surface area contributed by atoms with E-state index in [1.54, 1.807) is 0 Å². The van der Waals surface area contributed by atoms with E-state index in [4.69, 9.17) is 4.74 Å². The molecule has 0 amide bonds. The Hall–Kier alpha value is -0.180. The Bertz CT molecular complexity index is 575. The first-order chi connectivity index (χ1) is 26.2. The Labute approximate surface area is 334 Å². The van der Waals surface area contributed by atoms with E-state index >= 15 is 0 Å². The molecule has 0 bridgehead atoms. The Morgan fingerprint density at radius 3 is 0.623 bits per heavy atom. The molecule has 0 saturated carbocycles. The highest BCUT2D eigenvalue weighted by atomic mass is 19.1. The fourth-order valence-electron chi connectivity index (χ4n) is 8.07. The van der Waals surface area contributed by atoms with Crippen molar-refractivity contribution in [3.8, 4) is 0 Å². The van der Waals surface area contributed by atoms with Crippen LogP contribution in [0.5, 0.6) is 0 Å². The number of rotatable bonds is 48. The second-order valence-corrected chi connectivity index (χ2v) is 17.4. The van der Waals surface area contributed by atoms with Gasteiger partial charge < -0.3 is 4.74 Å². The summed E-state index contributed by atoms with van der Waals surface area (Å²) in [4.78, 5) is 0. The largest absolute Gasteiger partial charge is 0.381 e. The van der Waals surface area contributed by atoms with Gasteiger partial charge in [-0.15, -0.1) is 0 Å². The lowest BCUT2D eigenvalue weighted by molar-refractivity contribution is 0.125. The molecule has 0 heterocycles. The second-order valence-electron chi connectivity index (χ2n) is 17.4. The summed E-state index contributed by atoms with van der Waals surface area (Å²) >= 11 is 0. The first-order valence-electron chi connectivity index (χ1n) is 25.1. The van der Waals surface area contributed by atoms with Crippen LogP contribution in [0, 0.1) is 0 Å². The Balaban J connectivity index is 3.20. The van der Waals surface area contributed by atoms with Crippen LogP contribution in [0.4, 0.5) is 8.78 Å². The van der Waals surface area contributed by atoms with E-state index in [1.807, 2.05) is 0 Å². The molecule has 3 heteroatoms. The van der Waals surface area contributed by atoms with Gasteiger partial charge in [0, 0.05) is 13.2 Å². The lowest BCUT2D eigenvalue weighted by Gasteiger charge is -2.09. The third-order valence-electron chi connectivity index (χ3n) is 11.9. The van der Waals surface area contributed by atoms with Crippen molar-refractivity contribution in [2.24, 2.45) is 0 Å². The van der Waals surface area contributed by atoms with Gasteiger partial charge in [-0.2, -0.15) is 0 Å². The lowest BCUT2D eigenvalue weighted by atomic mass is 10.0. The summed E-state index contributed by atoms with van der Waals surface area (Å²) in [5.74, 6) is 0. The van der Waals surface area contributed by atoms with Gasteiger partial charge in [-0.3, -0.25) is 0 Å². The van der Waals surface area contributed by atoms with E-state index < -0.39 is 12.3 Å². The third kappa shape index (κ3) is 47.9. The summed E-state index contributed by atoms with van der Waals surface area (Å²) in [6.45, 7) is 6.36. The summed E-state index contributed by atoms with van der Waals surface area (Å²) < 4.78 is 34.4. The van der Waals surface area contributed by atoms with E-state index in [-0.39, 0.29) is 0 Å². The highest BCUT2D eigenvalue weighted by molar-refractivity contribution is 4.60. The highest BCUT2D eigenvalue weighted by Gasteiger charge is 2.07. The van der Waals surface area contributed by atoms with E-state index in [0.717, 1.165) is 77.4 Å². The van der Waals surface area contributed by atoms with Gasteiger partial charge in [0.15, 0.2) is 0 Å². The minimum absolute atomic E-state index is 0.572. The topological polar surface area (TPSA) is 9.23 Å². The van der Waals surface area contributed by atoms with Crippen molar-refractivity contribution in [2.45, 2.75) is 309 Å². The first-order valence-corrected chi connectivity index (χ1v) is 25.1. The molecule has 320 valence electrons. The van der Waals surface area contributed by atoms with E-state index in [1.165, 1.54) is 218 Å². The lowest BCUT2D eigenvalue weighted by Crippen LogP contribution is -2.00. The first kappa shape index (κ1) is 52.8. The molecule has 0 aromatic heterocycles. The molecule has 0 aromatic carbocycles. The van der Waals surface area contributed by atoms with Gasteiger partial charge in [-0.05, 0) is 38.5 Å². The maximum atomic E-state index is 14.3. The Morgan fingerprint density at radius 1 is 0.245 bits per heavy atom. The monoisotopic (exact) mass is 755 g/mol. The molecule has 2 unspecified atom stereocenters. The molecule has 0 spiro atoms. The van der Waals surface area contributed by atoms with E-state index in [9.17, 15) is 8.78 Å². The molecule has 0 fully saturated rings. The minimum atomic E-state index is -0.572. The Kier molecular flexibility index (Phi) is 47.8. The average molecular weight is 755 g/mol. The molecule has 0 radical (unpaired) electrons. The summed E-state index contributed by atoms with van der Waals surface area (Å²) in [6.07, 6.45) is 54.4. The number of ether oxygens (including phenoxy) is 1. The molecule has 0 aliphatic rings. The van der Waals surface area contributed by atoms with Crippen LogP contribution in [0.1, 0.15) is 296 Å². The molecule has 1 nitrogen and oxygen atoms in total. The standard InChI is InChI=1S/C50H100F2O/c1-3-5-7-9-11-13-15-17-19-21-23-25-31-37-43-49(51)45-39-33-27-29-35-41-47-53-48-42-36-30-28-34-40-46-50(52)44-38-32-26-24-22-20-18-16-14-12-10-8-6-4-2/h49-50H,3-48H2,1-2H3. The van der Waals surface area contributed by atoms with Crippen LogP contribution in [0.3, 0.4) is 0 Å². The van der Waals surface area contributed by atoms with Crippen molar-refractivity contribution in [2.75, 3.05) is 13.2 Å². The van der Waals surface area contributed by atoms with Crippen LogP contribution in [-0.2, 0) is 4.74 Å². The number of hydrogen-bond acceptors (Lipinski definition) is 1. The van der Waals surface area contributed by atoms with Crippen molar-refractivity contribution >= 4 is 0 Å². The molecule has 0 rings (SSSR count). The highest BCUT2D eigenvalue weighted by Crippen LogP contribution is 2.19. The van der Waals surface area contributed by atoms with Gasteiger partial charge in [-0.25, -0.2) is 8.78 Å². The zero-order valence-corrected chi connectivity index (χ0v) is 36.8. The third-order valence-corrected chi connectivity index (χ3v) is 11.9. The quantitative estimate of drug-likeness (QED) is 0.0562. The average Bonchev–Trinajstić information content (AvgIpc) is 3.16. The van der Waals surface area contributed by atoms with Gasteiger partial charge in [0.05, 0.1) is 0 Å². The summed E-state index contributed by atoms with van der Waals surface area (Å²) in [5.41, 5.74) is 0. The smallest absolute Gasteiger partial charge is 0.100 e. The predicted octanol–water partition coefficient (Wildman–Crippen LogP) is 18.9. The van der Waals surface area contributed by atoms with Gasteiger partial charge in [-0.1, -0.05) is 258 Å². The van der Waals surface area contributed by atoms with Crippen LogP contribution >= 0.6 is 0 Å². The maximum absolute atomic E-state index is 14.3. The predicted molar refractivity (Wildman–Crippen MR) is 235 cm³/mol. The fraction of sp³-hybridized carbons (Fsp3) is 1.00. The van der Waals surface area contributed by atoms with E-state index in [0.29, 0.717) is 0 Å². The molecular formula is C50H100F2O. The van der Waals surface area contributed by atoms with Gasteiger partial charge in [0.2, 0.25) is 0 Å². The molecule has 0 aliphatic carbocycles. The molecule has 0 aromatic rings. The SMILES string of the molecule is CCCCCCCCCCCCCCCCC(F)CCCCCCCCOCCCCCCCCC(F)CCCCCCCCCCCCCCCC. The number of halogens is 2. The van der Waals surface area contributed by atoms with Crippen molar-refractivity contribution in [3.63, 3.8) is 0 Å². The summed E-state index contributed by atoms with van der Waals surface area (Å²) in [7, 11) is 0. The molecule has 53 heavy (non-hydrogen) atoms. The molecule has 2 atom stereocenters. The van der Waals surface area contributed by atoms with Crippen LogP contribution < -0.4 is 0 Å². The molecule has 0 N–H and O–H groups in total. The normalized spacial score (nSPS) is 12.9. The number of unbranched alkanes of at least 4 members (excludes halogenated alkanes) is 36. The summed E-state index contributed by atoms with van der Waals surface area (Å²) in [5, 5.41) is 0. The van der Waals surface area contributed by atoms with Crippen molar-refractivity contribution in [1.29, 1.82) is 0 Å². The van der Waals surface area contributed by atoms with Gasteiger partial charge in [0.25, 0.3) is 0 Å². The van der Waals surface area contributed by atoms with Crippen molar-refractivity contribution in [1.82, 2.24) is 0 Å². The zero-order chi connectivity index (χ0) is 38.4. The molecule has 0 aliphatic heterocycles. The Morgan fingerprint density at radius 2 is 0.415 bits per heavy atom. The number of hydrogen-bond donors (Lipinski definition) is 0.